The van der Waals surface area contributed by atoms with Crippen molar-refractivity contribution in [3.05, 3.63) is 144 Å². The van der Waals surface area contributed by atoms with Gasteiger partial charge in [0, 0.05) is 11.4 Å². The van der Waals surface area contributed by atoms with Gasteiger partial charge in [0.15, 0.2) is 0 Å². The Kier molecular flexibility index (Phi) is 5.88. The highest BCUT2D eigenvalue weighted by atomic mass is 14.5. The standard InChI is InChI=1S/C33H30N2/c1-3-8-27(4-2)33(28-9-6-5-7-10-28,29-15-11-25-21-31(34)17-13-23(25)19-29)30-16-12-26-22-32(35)18-14-24(26)20-30/h3-22H,34-35H2,1-2H3/b8-3-,27-4+. The van der Waals surface area contributed by atoms with Gasteiger partial charge < -0.3 is 11.5 Å². The van der Waals surface area contributed by atoms with Crippen molar-refractivity contribution < 1.29 is 0 Å². The van der Waals surface area contributed by atoms with Gasteiger partial charge in [-0.25, -0.2) is 0 Å². The van der Waals surface area contributed by atoms with E-state index in [0.29, 0.717) is 0 Å². The van der Waals surface area contributed by atoms with Crippen molar-refractivity contribution >= 4 is 32.9 Å². The number of hydrogen-bond donors (Lipinski definition) is 2. The molecule has 5 aromatic carbocycles. The van der Waals surface area contributed by atoms with Gasteiger partial charge in [0.25, 0.3) is 0 Å². The Morgan fingerprint density at radius 3 is 1.54 bits per heavy atom. The number of anilines is 2. The van der Waals surface area contributed by atoms with Crippen LogP contribution >= 0.6 is 0 Å². The fraction of sp³-hybridized carbons (Fsp3) is 0.0909. The van der Waals surface area contributed by atoms with Crippen molar-refractivity contribution in [2.24, 2.45) is 0 Å². The number of benzene rings is 5. The lowest BCUT2D eigenvalue weighted by Gasteiger charge is -2.38. The van der Waals surface area contributed by atoms with Crippen LogP contribution in [0.4, 0.5) is 11.4 Å². The molecule has 172 valence electrons. The summed E-state index contributed by atoms with van der Waals surface area (Å²) in [4.78, 5) is 0. The second-order valence-corrected chi connectivity index (χ2v) is 9.00. The predicted molar refractivity (Wildman–Crippen MR) is 152 cm³/mol. The Morgan fingerprint density at radius 2 is 1.06 bits per heavy atom. The van der Waals surface area contributed by atoms with Gasteiger partial charge in [0.1, 0.15) is 0 Å². The molecule has 0 unspecified atom stereocenters. The minimum absolute atomic E-state index is 0.506. The van der Waals surface area contributed by atoms with E-state index < -0.39 is 5.41 Å². The van der Waals surface area contributed by atoms with E-state index >= 15 is 0 Å². The fourth-order valence-corrected chi connectivity index (χ4v) is 5.30. The smallest absolute Gasteiger partial charge is 0.0698 e. The number of hydrogen-bond acceptors (Lipinski definition) is 2. The van der Waals surface area contributed by atoms with Crippen molar-refractivity contribution in [2.75, 3.05) is 11.5 Å². The average Bonchev–Trinajstić information content (AvgIpc) is 2.89. The molecule has 0 bridgehead atoms. The largest absolute Gasteiger partial charge is 0.399 e. The van der Waals surface area contributed by atoms with E-state index in [9.17, 15) is 0 Å². The maximum Gasteiger partial charge on any atom is 0.0698 e. The molecule has 2 nitrogen and oxygen atoms in total. The summed E-state index contributed by atoms with van der Waals surface area (Å²) in [5.41, 5.74) is 18.1. The van der Waals surface area contributed by atoms with Gasteiger partial charge in [0.2, 0.25) is 0 Å². The second kappa shape index (κ2) is 9.15. The predicted octanol–water partition coefficient (Wildman–Crippen LogP) is 8.01. The third-order valence-electron chi connectivity index (χ3n) is 6.89. The minimum Gasteiger partial charge on any atom is -0.399 e. The quantitative estimate of drug-likeness (QED) is 0.160. The van der Waals surface area contributed by atoms with E-state index in [1.807, 2.05) is 24.3 Å². The summed E-state index contributed by atoms with van der Waals surface area (Å²) in [7, 11) is 0. The maximum atomic E-state index is 6.08. The van der Waals surface area contributed by atoms with Crippen LogP contribution in [0.25, 0.3) is 21.5 Å². The molecule has 5 rings (SSSR count). The third-order valence-corrected chi connectivity index (χ3v) is 6.89. The molecule has 0 aliphatic heterocycles. The lowest BCUT2D eigenvalue weighted by atomic mass is 9.64. The first-order valence-electron chi connectivity index (χ1n) is 12.0. The Labute approximate surface area is 207 Å². The first kappa shape index (κ1) is 22.5. The topological polar surface area (TPSA) is 52.0 Å². The van der Waals surface area contributed by atoms with Gasteiger partial charge in [-0.3, -0.25) is 0 Å². The van der Waals surface area contributed by atoms with Crippen LogP contribution in [0.2, 0.25) is 0 Å². The zero-order valence-corrected chi connectivity index (χ0v) is 20.2. The first-order chi connectivity index (χ1) is 17.1. The van der Waals surface area contributed by atoms with E-state index in [1.54, 1.807) is 0 Å². The zero-order valence-electron chi connectivity index (χ0n) is 20.2. The maximum absolute atomic E-state index is 6.08. The molecule has 0 aliphatic carbocycles. The van der Waals surface area contributed by atoms with Crippen LogP contribution in [0.3, 0.4) is 0 Å². The highest BCUT2D eigenvalue weighted by Crippen LogP contribution is 2.47. The lowest BCUT2D eigenvalue weighted by molar-refractivity contribution is 0.744. The van der Waals surface area contributed by atoms with Crippen LogP contribution in [-0.2, 0) is 5.41 Å². The van der Waals surface area contributed by atoms with E-state index in [1.165, 1.54) is 33.0 Å². The number of allylic oxidation sites excluding steroid dienone is 4. The summed E-state index contributed by atoms with van der Waals surface area (Å²) < 4.78 is 0. The molecule has 4 N–H and O–H groups in total. The molecule has 0 spiro atoms. The molecule has 0 fully saturated rings. The van der Waals surface area contributed by atoms with Gasteiger partial charge in [-0.15, -0.1) is 0 Å². The van der Waals surface area contributed by atoms with Crippen LogP contribution in [0, 0.1) is 0 Å². The molecule has 5 aromatic rings. The summed E-state index contributed by atoms with van der Waals surface area (Å²) in [6, 6.07) is 36.5. The van der Waals surface area contributed by atoms with Crippen LogP contribution in [0.5, 0.6) is 0 Å². The molecule has 0 atom stereocenters. The molecule has 0 saturated carbocycles. The summed E-state index contributed by atoms with van der Waals surface area (Å²) in [6.45, 7) is 4.20. The normalized spacial score (nSPS) is 12.6. The van der Waals surface area contributed by atoms with Crippen molar-refractivity contribution in [1.82, 2.24) is 0 Å². The SMILES string of the molecule is C/C=C\C(=C/C)C(c1ccccc1)(c1ccc2cc(N)ccc2c1)c1ccc2cc(N)ccc2c1. The lowest BCUT2D eigenvalue weighted by Crippen LogP contribution is -2.31. The Balaban J connectivity index is 1.91. The van der Waals surface area contributed by atoms with Crippen LogP contribution in [-0.4, -0.2) is 0 Å². The van der Waals surface area contributed by atoms with Crippen LogP contribution in [0.15, 0.2) is 127 Å². The van der Waals surface area contributed by atoms with Gasteiger partial charge in [-0.1, -0.05) is 85.0 Å². The van der Waals surface area contributed by atoms with Gasteiger partial charge in [-0.2, -0.15) is 0 Å². The minimum atomic E-state index is -0.506. The average molecular weight is 455 g/mol. The molecular weight excluding hydrogens is 424 g/mol. The summed E-state index contributed by atoms with van der Waals surface area (Å²) in [5, 5.41) is 4.61. The Morgan fingerprint density at radius 1 is 0.571 bits per heavy atom. The van der Waals surface area contributed by atoms with Crippen molar-refractivity contribution in [1.29, 1.82) is 0 Å². The monoisotopic (exact) mass is 454 g/mol. The number of fused-ring (bicyclic) bond motifs is 2. The molecule has 0 amide bonds. The van der Waals surface area contributed by atoms with E-state index in [-0.39, 0.29) is 0 Å². The summed E-state index contributed by atoms with van der Waals surface area (Å²) >= 11 is 0. The Hall–Kier alpha value is -4.30. The summed E-state index contributed by atoms with van der Waals surface area (Å²) in [5.74, 6) is 0. The van der Waals surface area contributed by atoms with Gasteiger partial charge in [0.05, 0.1) is 5.41 Å². The number of nitrogen functional groups attached to an aromatic ring is 2. The van der Waals surface area contributed by atoms with Crippen molar-refractivity contribution in [3.63, 3.8) is 0 Å². The molecule has 0 saturated heterocycles. The number of rotatable bonds is 5. The van der Waals surface area contributed by atoms with Crippen molar-refractivity contribution in [3.8, 4) is 0 Å². The van der Waals surface area contributed by atoms with E-state index in [4.69, 9.17) is 11.5 Å². The van der Waals surface area contributed by atoms with Gasteiger partial charge in [-0.05, 0) is 94.1 Å². The van der Waals surface area contributed by atoms with Crippen LogP contribution < -0.4 is 11.5 Å². The number of nitrogens with two attached hydrogens (primary N) is 2. The molecule has 0 radical (unpaired) electrons. The molecule has 0 aromatic heterocycles. The highest BCUT2D eigenvalue weighted by molar-refractivity contribution is 5.89. The van der Waals surface area contributed by atoms with E-state index in [2.05, 4.69) is 111 Å². The first-order valence-corrected chi connectivity index (χ1v) is 12.0. The second-order valence-electron chi connectivity index (χ2n) is 9.00. The zero-order chi connectivity index (χ0) is 24.4. The highest BCUT2D eigenvalue weighted by Gasteiger charge is 2.39. The Bertz CT molecular complexity index is 1490. The molecular formula is C33H30N2. The fourth-order valence-electron chi connectivity index (χ4n) is 5.30. The van der Waals surface area contributed by atoms with Crippen molar-refractivity contribution in [2.45, 2.75) is 19.3 Å². The molecule has 2 heteroatoms. The van der Waals surface area contributed by atoms with Gasteiger partial charge >= 0.3 is 0 Å². The summed E-state index contributed by atoms with van der Waals surface area (Å²) in [6.07, 6.45) is 6.58. The molecule has 0 aliphatic rings. The molecule has 35 heavy (non-hydrogen) atoms. The van der Waals surface area contributed by atoms with Crippen LogP contribution in [0.1, 0.15) is 30.5 Å². The molecule has 0 heterocycles. The van der Waals surface area contributed by atoms with E-state index in [0.717, 1.165) is 22.1 Å². The third kappa shape index (κ3) is 3.87.